The van der Waals surface area contributed by atoms with E-state index in [1.807, 2.05) is 13.8 Å². The van der Waals surface area contributed by atoms with E-state index >= 15 is 0 Å². The summed E-state index contributed by atoms with van der Waals surface area (Å²) in [6.45, 7) is 4.53. The van der Waals surface area contributed by atoms with Crippen molar-refractivity contribution in [2.45, 2.75) is 64.9 Å². The number of sulfonamides is 1. The highest BCUT2D eigenvalue weighted by atomic mass is 32.2. The van der Waals surface area contributed by atoms with Crippen LogP contribution < -0.4 is 5.32 Å². The molecule has 9 heteroatoms. The molecule has 1 N–H and O–H groups in total. The van der Waals surface area contributed by atoms with Gasteiger partial charge in [0.05, 0.1) is 17.9 Å². The van der Waals surface area contributed by atoms with E-state index in [0.29, 0.717) is 36.5 Å². The first-order valence-electron chi connectivity index (χ1n) is 10.3. The first-order chi connectivity index (χ1) is 13.7. The molecular weight excluding hydrogens is 412 g/mol. The summed E-state index contributed by atoms with van der Waals surface area (Å²) in [4.78, 5) is 26.9. The predicted octanol–water partition coefficient (Wildman–Crippen LogP) is 3.19. The molecule has 0 radical (unpaired) electrons. The highest BCUT2D eigenvalue weighted by molar-refractivity contribution is 7.88. The van der Waals surface area contributed by atoms with Crippen LogP contribution in [0.5, 0.6) is 0 Å². The average molecular weight is 443 g/mol. The second kappa shape index (κ2) is 9.14. The number of hydrogen-bond acceptors (Lipinski definition) is 6. The Morgan fingerprint density at radius 2 is 1.90 bits per heavy atom. The van der Waals surface area contributed by atoms with E-state index < -0.39 is 10.0 Å². The summed E-state index contributed by atoms with van der Waals surface area (Å²) in [6.07, 6.45) is 6.59. The molecule has 1 aromatic rings. The minimum Gasteiger partial charge on any atom is -0.459 e. The van der Waals surface area contributed by atoms with Crippen LogP contribution in [-0.2, 0) is 32.4 Å². The molecule has 162 valence electrons. The van der Waals surface area contributed by atoms with Crippen LogP contribution in [0.2, 0.25) is 0 Å². The third-order valence-corrected chi connectivity index (χ3v) is 8.30. The summed E-state index contributed by atoms with van der Waals surface area (Å²) in [6, 6.07) is 0. The minimum atomic E-state index is -3.23. The highest BCUT2D eigenvalue weighted by Gasteiger charge is 2.32. The van der Waals surface area contributed by atoms with E-state index in [9.17, 15) is 18.0 Å². The van der Waals surface area contributed by atoms with Crippen molar-refractivity contribution in [1.82, 2.24) is 4.31 Å². The van der Waals surface area contributed by atoms with Gasteiger partial charge in [0.2, 0.25) is 15.9 Å². The molecule has 3 rings (SSSR count). The fraction of sp³-hybridized carbons (Fsp3) is 0.700. The Kier molecular flexibility index (Phi) is 7.01. The predicted molar refractivity (Wildman–Crippen MR) is 114 cm³/mol. The molecule has 1 fully saturated rings. The normalized spacial score (nSPS) is 19.4. The van der Waals surface area contributed by atoms with Gasteiger partial charge in [0.25, 0.3) is 0 Å². The summed E-state index contributed by atoms with van der Waals surface area (Å²) in [7, 11) is -3.23. The van der Waals surface area contributed by atoms with Gasteiger partial charge in [0.1, 0.15) is 5.00 Å². The van der Waals surface area contributed by atoms with Crippen LogP contribution in [0, 0.1) is 5.92 Å². The van der Waals surface area contributed by atoms with Gasteiger partial charge in [-0.15, -0.1) is 11.3 Å². The number of piperidine rings is 1. The molecule has 7 nitrogen and oxygen atoms in total. The number of ether oxygens (including phenoxy) is 1. The minimum absolute atomic E-state index is 0.144. The summed E-state index contributed by atoms with van der Waals surface area (Å²) in [5.41, 5.74) is 1.55. The number of fused-ring (bicyclic) bond motifs is 1. The standard InChI is InChI=1S/C20H30N2O5S2/c1-4-13(2)27-20(24)17-15-7-5-6-8-16(15)28-19(17)21-18(23)14-9-11-22(12-10-14)29(3,25)26/h13-14H,4-12H2,1-3H3,(H,21,23). The number of amides is 1. The van der Waals surface area contributed by atoms with Crippen LogP contribution in [0.4, 0.5) is 5.00 Å². The van der Waals surface area contributed by atoms with Gasteiger partial charge >= 0.3 is 5.97 Å². The van der Waals surface area contributed by atoms with E-state index in [1.54, 1.807) is 0 Å². The average Bonchev–Trinajstić information content (AvgIpc) is 3.05. The maximum absolute atomic E-state index is 12.9. The lowest BCUT2D eigenvalue weighted by atomic mass is 9.95. The van der Waals surface area contributed by atoms with E-state index in [2.05, 4.69) is 5.32 Å². The van der Waals surface area contributed by atoms with Gasteiger partial charge in [0, 0.05) is 23.9 Å². The third-order valence-electron chi connectivity index (χ3n) is 5.79. The number of thiophene rings is 1. The van der Waals surface area contributed by atoms with Crippen molar-refractivity contribution in [1.29, 1.82) is 0 Å². The van der Waals surface area contributed by atoms with E-state index in [0.717, 1.165) is 42.5 Å². The Balaban J connectivity index is 1.75. The molecule has 1 aliphatic heterocycles. The Morgan fingerprint density at radius 3 is 2.52 bits per heavy atom. The number of carbonyl (C=O) groups excluding carboxylic acids is 2. The second-order valence-corrected chi connectivity index (χ2v) is 11.1. The summed E-state index contributed by atoms with van der Waals surface area (Å²) < 4.78 is 30.3. The number of nitrogens with one attached hydrogen (secondary N) is 1. The van der Waals surface area contributed by atoms with Crippen LogP contribution in [0.3, 0.4) is 0 Å². The van der Waals surface area contributed by atoms with E-state index in [-0.39, 0.29) is 23.9 Å². The number of anilines is 1. The quantitative estimate of drug-likeness (QED) is 0.683. The van der Waals surface area contributed by atoms with Crippen LogP contribution in [0.1, 0.15) is 66.8 Å². The molecule has 1 saturated heterocycles. The zero-order chi connectivity index (χ0) is 21.2. The Labute approximate surface area is 176 Å². The lowest BCUT2D eigenvalue weighted by Gasteiger charge is -2.29. The number of hydrogen-bond donors (Lipinski definition) is 1. The van der Waals surface area contributed by atoms with Gasteiger partial charge in [-0.05, 0) is 57.4 Å². The second-order valence-electron chi connectivity index (χ2n) is 7.96. The van der Waals surface area contributed by atoms with Crippen molar-refractivity contribution in [3.63, 3.8) is 0 Å². The number of rotatable bonds is 6. The van der Waals surface area contributed by atoms with Crippen molar-refractivity contribution in [3.8, 4) is 0 Å². The van der Waals surface area contributed by atoms with Crippen LogP contribution in [0.25, 0.3) is 0 Å². The number of esters is 1. The fourth-order valence-corrected chi connectivity index (χ4v) is 6.01. The lowest BCUT2D eigenvalue weighted by Crippen LogP contribution is -2.40. The number of nitrogens with zero attached hydrogens (tertiary/aromatic N) is 1. The molecule has 2 aliphatic rings. The van der Waals surface area contributed by atoms with Crippen molar-refractivity contribution < 1.29 is 22.7 Å². The van der Waals surface area contributed by atoms with Gasteiger partial charge < -0.3 is 10.1 Å². The fourth-order valence-electron chi connectivity index (χ4n) is 3.86. The molecule has 0 saturated carbocycles. The molecule has 1 aromatic heterocycles. The largest absolute Gasteiger partial charge is 0.459 e. The summed E-state index contributed by atoms with van der Waals surface area (Å²) in [5.74, 6) is -0.763. The maximum Gasteiger partial charge on any atom is 0.341 e. The highest BCUT2D eigenvalue weighted by Crippen LogP contribution is 2.39. The first-order valence-corrected chi connectivity index (χ1v) is 13.0. The molecule has 1 unspecified atom stereocenters. The lowest BCUT2D eigenvalue weighted by molar-refractivity contribution is -0.120. The number of aryl methyl sites for hydroxylation is 1. The van der Waals surface area contributed by atoms with E-state index in [4.69, 9.17) is 4.74 Å². The third kappa shape index (κ3) is 5.19. The molecule has 0 bridgehead atoms. The van der Waals surface area contributed by atoms with Gasteiger partial charge in [-0.1, -0.05) is 6.92 Å². The van der Waals surface area contributed by atoms with Crippen molar-refractivity contribution >= 4 is 38.2 Å². The zero-order valence-electron chi connectivity index (χ0n) is 17.3. The smallest absolute Gasteiger partial charge is 0.341 e. The van der Waals surface area contributed by atoms with Gasteiger partial charge in [0.15, 0.2) is 0 Å². The van der Waals surface area contributed by atoms with Crippen LogP contribution >= 0.6 is 11.3 Å². The molecular formula is C20H30N2O5S2. The van der Waals surface area contributed by atoms with Crippen molar-refractivity contribution in [2.24, 2.45) is 5.92 Å². The van der Waals surface area contributed by atoms with Crippen molar-refractivity contribution in [3.05, 3.63) is 16.0 Å². The Bertz CT molecular complexity index is 870. The summed E-state index contributed by atoms with van der Waals surface area (Å²) >= 11 is 1.48. The Morgan fingerprint density at radius 1 is 1.24 bits per heavy atom. The van der Waals surface area contributed by atoms with Gasteiger partial charge in [-0.25, -0.2) is 17.5 Å². The maximum atomic E-state index is 12.9. The monoisotopic (exact) mass is 442 g/mol. The van der Waals surface area contributed by atoms with Crippen LogP contribution in [0.15, 0.2) is 0 Å². The first kappa shape index (κ1) is 22.2. The van der Waals surface area contributed by atoms with Gasteiger partial charge in [-0.2, -0.15) is 0 Å². The van der Waals surface area contributed by atoms with Crippen molar-refractivity contribution in [2.75, 3.05) is 24.7 Å². The Hall–Kier alpha value is -1.45. The van der Waals surface area contributed by atoms with Crippen LogP contribution in [-0.4, -0.2) is 50.0 Å². The molecule has 0 aromatic carbocycles. The molecule has 2 heterocycles. The topological polar surface area (TPSA) is 92.8 Å². The van der Waals surface area contributed by atoms with E-state index in [1.165, 1.54) is 21.9 Å². The molecule has 1 amide bonds. The van der Waals surface area contributed by atoms with Gasteiger partial charge in [-0.3, -0.25) is 4.79 Å². The molecule has 0 spiro atoms. The number of carbonyl (C=O) groups is 2. The SMILES string of the molecule is CCC(C)OC(=O)c1c(NC(=O)C2CCN(S(C)(=O)=O)CC2)sc2c1CCCC2. The molecule has 29 heavy (non-hydrogen) atoms. The summed E-state index contributed by atoms with van der Waals surface area (Å²) in [5, 5.41) is 3.56. The zero-order valence-corrected chi connectivity index (χ0v) is 19.0. The molecule has 1 aliphatic carbocycles. The molecule has 1 atom stereocenters.